The van der Waals surface area contributed by atoms with Gasteiger partial charge in [-0.25, -0.2) is 4.98 Å². The lowest BCUT2D eigenvalue weighted by atomic mass is 10.2. The van der Waals surface area contributed by atoms with Gasteiger partial charge in [-0.2, -0.15) is 0 Å². The lowest BCUT2D eigenvalue weighted by Crippen LogP contribution is -3.13. The van der Waals surface area contributed by atoms with Crippen molar-refractivity contribution in [2.24, 2.45) is 0 Å². The van der Waals surface area contributed by atoms with Crippen LogP contribution in [0.4, 0.5) is 0 Å². The SMILES string of the molecule is O=C([O-])Cc1csc(CN2CC[NH+](Cc3ccccc3)CC2)n1. The van der Waals surface area contributed by atoms with Crippen LogP contribution in [0, 0.1) is 0 Å². The summed E-state index contributed by atoms with van der Waals surface area (Å²) in [6, 6.07) is 10.6. The number of aliphatic carboxylic acids is 1. The van der Waals surface area contributed by atoms with E-state index in [9.17, 15) is 9.90 Å². The van der Waals surface area contributed by atoms with Crippen molar-refractivity contribution in [3.05, 3.63) is 52.0 Å². The lowest BCUT2D eigenvalue weighted by Gasteiger charge is -2.31. The maximum atomic E-state index is 10.6. The Kier molecular flexibility index (Phi) is 5.38. The van der Waals surface area contributed by atoms with Crippen molar-refractivity contribution in [3.8, 4) is 0 Å². The molecular weight excluding hydrogens is 310 g/mol. The number of hydrogen-bond acceptors (Lipinski definition) is 5. The standard InChI is InChI=1S/C17H21N3O2S/c21-17(22)10-15-13-23-16(18-15)12-20-8-6-19(7-9-20)11-14-4-2-1-3-5-14/h1-5,13H,6-12H2,(H,21,22). The van der Waals surface area contributed by atoms with Gasteiger partial charge in [0.2, 0.25) is 0 Å². The summed E-state index contributed by atoms with van der Waals surface area (Å²) in [6.45, 7) is 6.27. The van der Waals surface area contributed by atoms with Gasteiger partial charge < -0.3 is 14.8 Å². The number of carboxylic acid groups (broad SMARTS) is 1. The number of carbonyl (C=O) groups is 1. The predicted molar refractivity (Wildman–Crippen MR) is 86.9 cm³/mol. The molecule has 1 saturated heterocycles. The first kappa shape index (κ1) is 16.1. The van der Waals surface area contributed by atoms with Crippen molar-refractivity contribution >= 4 is 17.3 Å². The molecule has 0 atom stereocenters. The molecule has 6 heteroatoms. The van der Waals surface area contributed by atoms with E-state index in [1.54, 1.807) is 4.90 Å². The molecule has 0 bridgehead atoms. The summed E-state index contributed by atoms with van der Waals surface area (Å²) in [7, 11) is 0. The van der Waals surface area contributed by atoms with Gasteiger partial charge in [0, 0.05) is 36.4 Å². The number of nitrogens with one attached hydrogen (secondary N) is 1. The van der Waals surface area contributed by atoms with Crippen molar-refractivity contribution < 1.29 is 14.8 Å². The van der Waals surface area contributed by atoms with E-state index in [4.69, 9.17) is 0 Å². The summed E-state index contributed by atoms with van der Waals surface area (Å²) in [5.74, 6) is -1.07. The highest BCUT2D eigenvalue weighted by Gasteiger charge is 2.20. The molecule has 122 valence electrons. The Labute approximate surface area is 140 Å². The molecule has 1 aromatic heterocycles. The molecule has 1 fully saturated rings. The van der Waals surface area contributed by atoms with Crippen molar-refractivity contribution in [2.45, 2.75) is 19.5 Å². The molecule has 0 unspecified atom stereocenters. The fraction of sp³-hybridized carbons (Fsp3) is 0.412. The van der Waals surface area contributed by atoms with Gasteiger partial charge in [-0.15, -0.1) is 11.3 Å². The summed E-state index contributed by atoms with van der Waals surface area (Å²) in [4.78, 5) is 19.0. The molecule has 0 amide bonds. The number of carboxylic acids is 1. The van der Waals surface area contributed by atoms with E-state index in [1.165, 1.54) is 16.9 Å². The average molecular weight is 331 g/mol. The largest absolute Gasteiger partial charge is 0.550 e. The number of carbonyl (C=O) groups excluding carboxylic acids is 1. The van der Waals surface area contributed by atoms with Crippen LogP contribution in [0.25, 0.3) is 0 Å². The second-order valence-electron chi connectivity index (χ2n) is 5.97. The number of hydrogen-bond donors (Lipinski definition) is 1. The molecular formula is C17H21N3O2S. The Hall–Kier alpha value is -1.76. The van der Waals surface area contributed by atoms with E-state index in [2.05, 4.69) is 40.2 Å². The zero-order valence-corrected chi connectivity index (χ0v) is 13.8. The van der Waals surface area contributed by atoms with Gasteiger partial charge in [0.15, 0.2) is 0 Å². The first-order valence-corrected chi connectivity index (χ1v) is 8.80. The molecule has 1 aliphatic heterocycles. The summed E-state index contributed by atoms with van der Waals surface area (Å²) < 4.78 is 0. The van der Waals surface area contributed by atoms with Crippen LogP contribution in [0.2, 0.25) is 0 Å². The summed E-state index contributed by atoms with van der Waals surface area (Å²) in [6.07, 6.45) is -0.0918. The highest BCUT2D eigenvalue weighted by Crippen LogP contribution is 2.13. The molecule has 0 spiro atoms. The highest BCUT2D eigenvalue weighted by molar-refractivity contribution is 7.09. The number of rotatable bonds is 6. The van der Waals surface area contributed by atoms with Gasteiger partial charge in [-0.05, 0) is 0 Å². The minimum atomic E-state index is -1.07. The number of piperazine rings is 1. The minimum absolute atomic E-state index is 0.0918. The van der Waals surface area contributed by atoms with E-state index >= 15 is 0 Å². The molecule has 2 aromatic rings. The average Bonchev–Trinajstić information content (AvgIpc) is 2.96. The van der Waals surface area contributed by atoms with Gasteiger partial charge in [-0.1, -0.05) is 30.3 Å². The molecule has 1 aromatic carbocycles. The number of nitrogens with zero attached hydrogens (tertiary/aromatic N) is 2. The van der Waals surface area contributed by atoms with Crippen LogP contribution in [0.15, 0.2) is 35.7 Å². The summed E-state index contributed by atoms with van der Waals surface area (Å²) in [5.41, 5.74) is 2.00. The van der Waals surface area contributed by atoms with E-state index < -0.39 is 5.97 Å². The summed E-state index contributed by atoms with van der Waals surface area (Å²) in [5, 5.41) is 13.4. The minimum Gasteiger partial charge on any atom is -0.550 e. The molecule has 2 heterocycles. The van der Waals surface area contributed by atoms with Gasteiger partial charge in [0.1, 0.15) is 11.6 Å². The fourth-order valence-corrected chi connectivity index (χ4v) is 3.77. The first-order chi connectivity index (χ1) is 11.2. The Morgan fingerprint density at radius 2 is 2.00 bits per heavy atom. The van der Waals surface area contributed by atoms with Gasteiger partial charge in [-0.3, -0.25) is 4.90 Å². The first-order valence-electron chi connectivity index (χ1n) is 7.92. The van der Waals surface area contributed by atoms with Gasteiger partial charge in [0.25, 0.3) is 0 Å². The van der Waals surface area contributed by atoms with E-state index in [0.29, 0.717) is 5.69 Å². The lowest BCUT2D eigenvalue weighted by molar-refractivity contribution is -0.918. The normalized spacial score (nSPS) is 16.5. The van der Waals surface area contributed by atoms with Crippen LogP contribution in [-0.4, -0.2) is 42.0 Å². The van der Waals surface area contributed by atoms with E-state index in [-0.39, 0.29) is 6.42 Å². The van der Waals surface area contributed by atoms with Crippen molar-refractivity contribution in [1.29, 1.82) is 0 Å². The number of thiazole rings is 1. The third-order valence-corrected chi connectivity index (χ3v) is 5.03. The molecule has 0 aliphatic carbocycles. The van der Waals surface area contributed by atoms with Crippen LogP contribution >= 0.6 is 11.3 Å². The number of benzene rings is 1. The molecule has 23 heavy (non-hydrogen) atoms. The van der Waals surface area contributed by atoms with Crippen LogP contribution in [-0.2, 0) is 24.3 Å². The monoisotopic (exact) mass is 331 g/mol. The molecule has 1 N–H and O–H groups in total. The third-order valence-electron chi connectivity index (χ3n) is 4.14. The predicted octanol–water partition coefficient (Wildman–Crippen LogP) is -0.664. The van der Waals surface area contributed by atoms with Crippen LogP contribution in [0.3, 0.4) is 0 Å². The zero-order valence-electron chi connectivity index (χ0n) is 13.0. The molecule has 1 aliphatic rings. The van der Waals surface area contributed by atoms with E-state index in [1.807, 2.05) is 5.38 Å². The van der Waals surface area contributed by atoms with Crippen LogP contribution in [0.5, 0.6) is 0 Å². The van der Waals surface area contributed by atoms with Crippen molar-refractivity contribution in [3.63, 3.8) is 0 Å². The molecule has 5 nitrogen and oxygen atoms in total. The Balaban J connectivity index is 1.45. The van der Waals surface area contributed by atoms with Crippen molar-refractivity contribution in [1.82, 2.24) is 9.88 Å². The van der Waals surface area contributed by atoms with Crippen LogP contribution < -0.4 is 10.0 Å². The second-order valence-corrected chi connectivity index (χ2v) is 6.91. The number of quaternary nitrogens is 1. The third kappa shape index (κ3) is 4.86. The highest BCUT2D eigenvalue weighted by atomic mass is 32.1. The topological polar surface area (TPSA) is 60.7 Å². The maximum absolute atomic E-state index is 10.6. The molecule has 0 radical (unpaired) electrons. The molecule has 0 saturated carbocycles. The van der Waals surface area contributed by atoms with Gasteiger partial charge >= 0.3 is 0 Å². The van der Waals surface area contributed by atoms with Crippen molar-refractivity contribution in [2.75, 3.05) is 26.2 Å². The zero-order chi connectivity index (χ0) is 16.1. The molecule has 3 rings (SSSR count). The fourth-order valence-electron chi connectivity index (χ4n) is 2.93. The Morgan fingerprint density at radius 3 is 2.70 bits per heavy atom. The van der Waals surface area contributed by atoms with Gasteiger partial charge in [0.05, 0.1) is 25.3 Å². The van der Waals surface area contributed by atoms with E-state index in [0.717, 1.165) is 44.3 Å². The quantitative estimate of drug-likeness (QED) is 0.763. The van der Waals surface area contributed by atoms with Crippen LogP contribution in [0.1, 0.15) is 16.3 Å². The Bertz CT molecular complexity index is 636. The summed E-state index contributed by atoms with van der Waals surface area (Å²) >= 11 is 1.54. The Morgan fingerprint density at radius 1 is 1.26 bits per heavy atom. The second kappa shape index (κ2) is 7.68. The number of aromatic nitrogens is 1. The maximum Gasteiger partial charge on any atom is 0.107 e. The smallest absolute Gasteiger partial charge is 0.107 e.